The van der Waals surface area contributed by atoms with Crippen LogP contribution in [-0.4, -0.2) is 52.7 Å². The number of carbonyl (C=O) groups is 2. The minimum atomic E-state index is -0.894. The van der Waals surface area contributed by atoms with E-state index in [2.05, 4.69) is 53.5 Å². The third-order valence-corrected chi connectivity index (χ3v) is 8.79. The van der Waals surface area contributed by atoms with Crippen molar-refractivity contribution in [1.82, 2.24) is 10.2 Å². The first-order valence-corrected chi connectivity index (χ1v) is 15.8. The standard InChI is InChI=1S/C36H44N2O6/c1-25-32(23-38-20-5-2-6-21-38)43-36(44-35(25)28-14-12-26(24-39)13-15-28)29-18-16-27(17-19-29)31-9-4-3-8-30(31)22-37-33(40)10-7-11-34(41)42/h3-4,8-9,12-19,25,32,35-36,39H,2,5-7,10-11,20-24H2,1H3,(H,37,40)(H,41,42). The average Bonchev–Trinajstić information content (AvgIpc) is 3.05. The highest BCUT2D eigenvalue weighted by Gasteiger charge is 2.39. The number of carbonyl (C=O) groups excluding carboxylic acids is 1. The number of rotatable bonds is 12. The first-order valence-electron chi connectivity index (χ1n) is 15.8. The van der Waals surface area contributed by atoms with Gasteiger partial charge >= 0.3 is 5.97 Å². The van der Waals surface area contributed by atoms with E-state index in [9.17, 15) is 14.7 Å². The maximum absolute atomic E-state index is 12.3. The van der Waals surface area contributed by atoms with Crippen LogP contribution in [0.25, 0.3) is 11.1 Å². The zero-order valence-corrected chi connectivity index (χ0v) is 25.5. The number of carboxylic acids is 1. The summed E-state index contributed by atoms with van der Waals surface area (Å²) >= 11 is 0. The van der Waals surface area contributed by atoms with Crippen molar-refractivity contribution in [2.24, 2.45) is 5.92 Å². The molecule has 0 spiro atoms. The summed E-state index contributed by atoms with van der Waals surface area (Å²) in [6.07, 6.45) is 3.59. The van der Waals surface area contributed by atoms with E-state index in [0.29, 0.717) is 13.0 Å². The van der Waals surface area contributed by atoms with Crippen LogP contribution in [0, 0.1) is 5.92 Å². The second-order valence-corrected chi connectivity index (χ2v) is 12.0. The second kappa shape index (κ2) is 15.4. The molecule has 0 radical (unpaired) electrons. The maximum Gasteiger partial charge on any atom is 0.303 e. The number of carboxylic acid groups (broad SMARTS) is 1. The normalized spacial score (nSPS) is 22.4. The lowest BCUT2D eigenvalue weighted by molar-refractivity contribution is -0.276. The van der Waals surface area contributed by atoms with Gasteiger partial charge in [-0.1, -0.05) is 86.1 Å². The molecule has 1 amide bonds. The van der Waals surface area contributed by atoms with Gasteiger partial charge in [-0.05, 0) is 60.2 Å². The number of likely N-dealkylation sites (tertiary alicyclic amines) is 1. The lowest BCUT2D eigenvalue weighted by Crippen LogP contribution is -2.45. The maximum atomic E-state index is 12.3. The van der Waals surface area contributed by atoms with Crippen LogP contribution < -0.4 is 5.32 Å². The summed E-state index contributed by atoms with van der Waals surface area (Å²) in [6, 6.07) is 24.2. The summed E-state index contributed by atoms with van der Waals surface area (Å²) < 4.78 is 13.3. The summed E-state index contributed by atoms with van der Waals surface area (Å²) in [7, 11) is 0. The Kier molecular flexibility index (Phi) is 11.2. The van der Waals surface area contributed by atoms with Gasteiger partial charge in [0, 0.05) is 37.4 Å². The van der Waals surface area contributed by atoms with Crippen molar-refractivity contribution in [3.05, 3.63) is 95.1 Å². The number of nitrogens with one attached hydrogen (secondary N) is 1. The van der Waals surface area contributed by atoms with Crippen molar-refractivity contribution >= 4 is 11.9 Å². The van der Waals surface area contributed by atoms with Crippen molar-refractivity contribution in [3.8, 4) is 11.1 Å². The van der Waals surface area contributed by atoms with Gasteiger partial charge in [-0.2, -0.15) is 0 Å². The first-order chi connectivity index (χ1) is 21.4. The molecule has 0 saturated carbocycles. The van der Waals surface area contributed by atoms with Crippen LogP contribution in [0.1, 0.15) is 80.1 Å². The Labute approximate surface area is 260 Å². The predicted octanol–water partition coefficient (Wildman–Crippen LogP) is 5.99. The van der Waals surface area contributed by atoms with Gasteiger partial charge < -0.3 is 29.9 Å². The minimum Gasteiger partial charge on any atom is -0.481 e. The molecule has 4 unspecified atom stereocenters. The first kappa shape index (κ1) is 31.9. The number of aliphatic hydroxyl groups excluding tert-OH is 1. The lowest BCUT2D eigenvalue weighted by Gasteiger charge is -2.43. The van der Waals surface area contributed by atoms with E-state index in [1.54, 1.807) is 0 Å². The van der Waals surface area contributed by atoms with Gasteiger partial charge in [0.15, 0.2) is 6.29 Å². The molecule has 2 aliphatic heterocycles. The van der Waals surface area contributed by atoms with E-state index < -0.39 is 12.3 Å². The fraction of sp³-hybridized carbons (Fsp3) is 0.444. The zero-order chi connectivity index (χ0) is 30.9. The predicted molar refractivity (Wildman–Crippen MR) is 168 cm³/mol. The third-order valence-electron chi connectivity index (χ3n) is 8.79. The van der Waals surface area contributed by atoms with E-state index in [1.807, 2.05) is 36.4 Å². The Morgan fingerprint density at radius 2 is 1.59 bits per heavy atom. The molecule has 3 aromatic rings. The Hall–Kier alpha value is -3.56. The molecule has 8 nitrogen and oxygen atoms in total. The number of nitrogens with zero attached hydrogens (tertiary/aromatic N) is 1. The molecule has 3 N–H and O–H groups in total. The number of piperidine rings is 1. The molecule has 2 heterocycles. The van der Waals surface area contributed by atoms with E-state index >= 15 is 0 Å². The molecule has 8 heteroatoms. The smallest absolute Gasteiger partial charge is 0.303 e. The molecule has 0 bridgehead atoms. The Bertz CT molecular complexity index is 1370. The van der Waals surface area contributed by atoms with Crippen LogP contribution in [0.3, 0.4) is 0 Å². The largest absolute Gasteiger partial charge is 0.481 e. The molecule has 2 saturated heterocycles. The number of benzene rings is 3. The van der Waals surface area contributed by atoms with E-state index in [-0.39, 0.29) is 43.5 Å². The number of aliphatic hydroxyl groups is 1. The highest BCUT2D eigenvalue weighted by Crippen LogP contribution is 2.42. The van der Waals surface area contributed by atoms with Crippen molar-refractivity contribution in [1.29, 1.82) is 0 Å². The van der Waals surface area contributed by atoms with Gasteiger partial charge in [0.1, 0.15) is 0 Å². The van der Waals surface area contributed by atoms with E-state index in [4.69, 9.17) is 14.6 Å². The number of hydrogen-bond donors (Lipinski definition) is 3. The Morgan fingerprint density at radius 3 is 2.30 bits per heavy atom. The Morgan fingerprint density at radius 1 is 0.886 bits per heavy atom. The van der Waals surface area contributed by atoms with Gasteiger partial charge in [0.05, 0.1) is 18.8 Å². The molecule has 234 valence electrons. The quantitative estimate of drug-likeness (QED) is 0.234. The number of hydrogen-bond acceptors (Lipinski definition) is 6. The highest BCUT2D eigenvalue weighted by molar-refractivity contribution is 5.77. The highest BCUT2D eigenvalue weighted by atomic mass is 16.7. The second-order valence-electron chi connectivity index (χ2n) is 12.0. The van der Waals surface area contributed by atoms with Gasteiger partial charge in [-0.3, -0.25) is 9.59 Å². The molecule has 3 aromatic carbocycles. The molecular formula is C36H44N2O6. The molecule has 0 aromatic heterocycles. The fourth-order valence-electron chi connectivity index (χ4n) is 6.18. The molecule has 4 atom stereocenters. The summed E-state index contributed by atoms with van der Waals surface area (Å²) in [5, 5.41) is 21.3. The number of amides is 1. The van der Waals surface area contributed by atoms with Crippen LogP contribution in [0.4, 0.5) is 0 Å². The van der Waals surface area contributed by atoms with Gasteiger partial charge in [0.2, 0.25) is 5.91 Å². The lowest BCUT2D eigenvalue weighted by atomic mass is 9.89. The van der Waals surface area contributed by atoms with Crippen LogP contribution in [0.2, 0.25) is 0 Å². The number of aliphatic carboxylic acids is 1. The van der Waals surface area contributed by atoms with Crippen LogP contribution in [-0.2, 0) is 32.2 Å². The van der Waals surface area contributed by atoms with Crippen LogP contribution in [0.5, 0.6) is 0 Å². The molecule has 0 aliphatic carbocycles. The number of ether oxygens (including phenoxy) is 2. The monoisotopic (exact) mass is 600 g/mol. The molecule has 44 heavy (non-hydrogen) atoms. The minimum absolute atomic E-state index is 0.00822. The summed E-state index contributed by atoms with van der Waals surface area (Å²) in [5.41, 5.74) is 5.94. The van der Waals surface area contributed by atoms with Gasteiger partial charge in [0.25, 0.3) is 0 Å². The average molecular weight is 601 g/mol. The summed E-state index contributed by atoms with van der Waals surface area (Å²) in [4.78, 5) is 25.5. The van der Waals surface area contributed by atoms with E-state index in [1.165, 1.54) is 19.3 Å². The summed E-state index contributed by atoms with van der Waals surface area (Å²) in [5.74, 6) is -0.898. The van der Waals surface area contributed by atoms with E-state index in [0.717, 1.165) is 53.0 Å². The Balaban J connectivity index is 1.31. The molecule has 5 rings (SSSR count). The van der Waals surface area contributed by atoms with Gasteiger partial charge in [-0.15, -0.1) is 0 Å². The molecule has 2 aliphatic rings. The third kappa shape index (κ3) is 8.33. The van der Waals surface area contributed by atoms with Crippen molar-refractivity contribution in [2.45, 2.75) is 77.1 Å². The molecule has 2 fully saturated rings. The van der Waals surface area contributed by atoms with Crippen LogP contribution in [0.15, 0.2) is 72.8 Å². The summed E-state index contributed by atoms with van der Waals surface area (Å²) in [6.45, 7) is 5.67. The van der Waals surface area contributed by atoms with Crippen molar-refractivity contribution < 1.29 is 29.3 Å². The zero-order valence-electron chi connectivity index (χ0n) is 25.5. The van der Waals surface area contributed by atoms with Crippen molar-refractivity contribution in [2.75, 3.05) is 19.6 Å². The molecular weight excluding hydrogens is 556 g/mol. The van der Waals surface area contributed by atoms with Crippen molar-refractivity contribution in [3.63, 3.8) is 0 Å². The van der Waals surface area contributed by atoms with Gasteiger partial charge in [-0.25, -0.2) is 0 Å². The SMILES string of the molecule is CC1C(CN2CCCCC2)OC(c2ccc(-c3ccccc3CNC(=O)CCCC(=O)O)cc2)OC1c1ccc(CO)cc1. The van der Waals surface area contributed by atoms with Crippen LogP contribution >= 0.6 is 0 Å². The topological polar surface area (TPSA) is 108 Å². The fourth-order valence-corrected chi connectivity index (χ4v) is 6.18.